The summed E-state index contributed by atoms with van der Waals surface area (Å²) in [6.07, 6.45) is 0. The highest BCUT2D eigenvalue weighted by Crippen LogP contribution is 2.25. The van der Waals surface area contributed by atoms with E-state index < -0.39 is 11.7 Å². The standard InChI is InChI=1S/C16H10Cl3FN4OS/c17-9-5-4-8(6-11(9)19)24-13(22-23-16(24)26)7-21-15(25)14-10(18)2-1-3-12(14)20/h1-6H,7H2,(H,21,25)(H,23,26). The molecule has 0 aliphatic rings. The first-order valence-electron chi connectivity index (χ1n) is 7.22. The number of carbonyl (C=O) groups excluding carboxylic acids is 1. The minimum atomic E-state index is -0.710. The van der Waals surface area contributed by atoms with Gasteiger partial charge in [-0.05, 0) is 42.5 Å². The summed E-state index contributed by atoms with van der Waals surface area (Å²) in [6, 6.07) is 8.96. The molecule has 10 heteroatoms. The smallest absolute Gasteiger partial charge is 0.256 e. The summed E-state index contributed by atoms with van der Waals surface area (Å²) in [6.45, 7) is -0.0170. The summed E-state index contributed by atoms with van der Waals surface area (Å²) in [4.78, 5) is 12.3. The number of benzene rings is 2. The van der Waals surface area contributed by atoms with Gasteiger partial charge in [0.05, 0.1) is 32.9 Å². The minimum Gasteiger partial charge on any atom is -0.345 e. The van der Waals surface area contributed by atoms with E-state index >= 15 is 0 Å². The van der Waals surface area contributed by atoms with Crippen molar-refractivity contribution >= 4 is 52.9 Å². The monoisotopic (exact) mass is 430 g/mol. The molecule has 3 rings (SSSR count). The lowest BCUT2D eigenvalue weighted by Gasteiger charge is -2.10. The van der Waals surface area contributed by atoms with Crippen LogP contribution in [0.15, 0.2) is 36.4 Å². The first-order chi connectivity index (χ1) is 12.4. The highest BCUT2D eigenvalue weighted by atomic mass is 35.5. The topological polar surface area (TPSA) is 62.7 Å². The van der Waals surface area contributed by atoms with Gasteiger partial charge in [-0.2, -0.15) is 5.10 Å². The van der Waals surface area contributed by atoms with E-state index in [1.54, 1.807) is 22.8 Å². The lowest BCUT2D eigenvalue weighted by molar-refractivity contribution is 0.0946. The number of hydrogen-bond donors (Lipinski definition) is 2. The van der Waals surface area contributed by atoms with Gasteiger partial charge in [0, 0.05) is 0 Å². The second kappa shape index (κ2) is 7.75. The third-order valence-corrected chi connectivity index (χ3v) is 4.83. The van der Waals surface area contributed by atoms with Crippen molar-refractivity contribution < 1.29 is 9.18 Å². The number of hydrogen-bond acceptors (Lipinski definition) is 3. The molecule has 2 aromatic carbocycles. The van der Waals surface area contributed by atoms with Crippen LogP contribution in [-0.2, 0) is 6.54 Å². The van der Waals surface area contributed by atoms with Gasteiger partial charge in [-0.1, -0.05) is 40.9 Å². The predicted octanol–water partition coefficient (Wildman–Crippen LogP) is 4.96. The van der Waals surface area contributed by atoms with Crippen molar-refractivity contribution in [2.24, 2.45) is 0 Å². The number of aromatic nitrogens is 3. The molecule has 0 atom stereocenters. The van der Waals surface area contributed by atoms with Crippen molar-refractivity contribution in [2.45, 2.75) is 6.54 Å². The Bertz CT molecular complexity index is 1030. The number of carbonyl (C=O) groups is 1. The van der Waals surface area contributed by atoms with Crippen LogP contribution in [0.5, 0.6) is 0 Å². The number of halogens is 4. The maximum atomic E-state index is 13.8. The molecule has 0 saturated heterocycles. The molecule has 0 aliphatic carbocycles. The highest BCUT2D eigenvalue weighted by molar-refractivity contribution is 7.71. The number of aromatic amines is 1. The fraction of sp³-hybridized carbons (Fsp3) is 0.0625. The summed E-state index contributed by atoms with van der Waals surface area (Å²) in [5.41, 5.74) is 0.385. The van der Waals surface area contributed by atoms with Gasteiger partial charge in [-0.25, -0.2) is 4.39 Å². The third-order valence-electron chi connectivity index (χ3n) is 3.50. The second-order valence-corrected chi connectivity index (χ2v) is 6.77. The first-order valence-corrected chi connectivity index (χ1v) is 8.76. The van der Waals surface area contributed by atoms with Crippen molar-refractivity contribution in [1.29, 1.82) is 0 Å². The lowest BCUT2D eigenvalue weighted by atomic mass is 10.2. The lowest BCUT2D eigenvalue weighted by Crippen LogP contribution is -2.25. The number of nitrogens with zero attached hydrogens (tertiary/aromatic N) is 2. The molecule has 26 heavy (non-hydrogen) atoms. The van der Waals surface area contributed by atoms with Gasteiger partial charge in [0.2, 0.25) is 0 Å². The molecular weight excluding hydrogens is 422 g/mol. The largest absolute Gasteiger partial charge is 0.345 e. The number of rotatable bonds is 4. The molecule has 2 N–H and O–H groups in total. The van der Waals surface area contributed by atoms with Gasteiger partial charge in [0.1, 0.15) is 5.82 Å². The van der Waals surface area contributed by atoms with Gasteiger partial charge < -0.3 is 5.32 Å². The summed E-state index contributed by atoms with van der Waals surface area (Å²) < 4.78 is 15.7. The fourth-order valence-corrected chi connectivity index (χ4v) is 3.10. The molecule has 0 unspecified atom stereocenters. The maximum absolute atomic E-state index is 13.8. The Hall–Kier alpha value is -1.93. The van der Waals surface area contributed by atoms with Crippen LogP contribution in [-0.4, -0.2) is 20.7 Å². The summed E-state index contributed by atoms with van der Waals surface area (Å²) in [5, 5.41) is 10.1. The normalized spacial score (nSPS) is 10.8. The van der Waals surface area contributed by atoms with Gasteiger partial charge in [-0.3, -0.25) is 14.5 Å². The zero-order chi connectivity index (χ0) is 18.8. The summed E-state index contributed by atoms with van der Waals surface area (Å²) in [7, 11) is 0. The van der Waals surface area contributed by atoms with Crippen molar-refractivity contribution in [3.8, 4) is 5.69 Å². The van der Waals surface area contributed by atoms with Crippen LogP contribution >= 0.6 is 47.0 Å². The quantitative estimate of drug-likeness (QED) is 0.574. The van der Waals surface area contributed by atoms with E-state index in [-0.39, 0.29) is 17.1 Å². The van der Waals surface area contributed by atoms with Gasteiger partial charge >= 0.3 is 0 Å². The molecule has 0 bridgehead atoms. The molecule has 0 fully saturated rings. The molecule has 0 spiro atoms. The molecule has 3 aromatic rings. The van der Waals surface area contributed by atoms with Gasteiger partial charge in [0.25, 0.3) is 5.91 Å². The van der Waals surface area contributed by atoms with E-state index in [9.17, 15) is 9.18 Å². The molecular formula is C16H10Cl3FN4OS. The molecule has 0 saturated carbocycles. The molecule has 0 aliphatic heterocycles. The molecule has 1 aromatic heterocycles. The van der Waals surface area contributed by atoms with Crippen molar-refractivity contribution in [3.63, 3.8) is 0 Å². The fourth-order valence-electron chi connectivity index (χ4n) is 2.30. The second-order valence-electron chi connectivity index (χ2n) is 5.16. The molecule has 0 radical (unpaired) electrons. The van der Waals surface area contributed by atoms with E-state index in [0.29, 0.717) is 26.3 Å². The molecule has 1 heterocycles. The summed E-state index contributed by atoms with van der Waals surface area (Å²) in [5.74, 6) is -0.977. The zero-order valence-electron chi connectivity index (χ0n) is 12.9. The summed E-state index contributed by atoms with van der Waals surface area (Å²) >= 11 is 23.1. The van der Waals surface area contributed by atoms with Crippen LogP contribution in [0.25, 0.3) is 5.69 Å². The average Bonchev–Trinajstić information content (AvgIpc) is 2.96. The first kappa shape index (κ1) is 18.8. The average molecular weight is 432 g/mol. The van der Waals surface area contributed by atoms with Crippen LogP contribution in [0.2, 0.25) is 15.1 Å². The maximum Gasteiger partial charge on any atom is 0.256 e. The Morgan fingerprint density at radius 3 is 2.65 bits per heavy atom. The van der Waals surface area contributed by atoms with E-state index in [1.807, 2.05) is 0 Å². The Morgan fingerprint density at radius 2 is 1.96 bits per heavy atom. The third kappa shape index (κ3) is 3.76. The van der Waals surface area contributed by atoms with E-state index in [4.69, 9.17) is 47.0 Å². The van der Waals surface area contributed by atoms with Crippen LogP contribution < -0.4 is 5.32 Å². The Balaban J connectivity index is 1.87. The number of nitrogens with one attached hydrogen (secondary N) is 2. The Morgan fingerprint density at radius 1 is 1.19 bits per heavy atom. The Kier molecular flexibility index (Phi) is 5.62. The van der Waals surface area contributed by atoms with E-state index in [2.05, 4.69) is 15.5 Å². The number of H-pyrrole nitrogens is 1. The van der Waals surface area contributed by atoms with E-state index in [0.717, 1.165) is 6.07 Å². The SMILES string of the molecule is O=C(NCc1n[nH]c(=S)n1-c1ccc(Cl)c(Cl)c1)c1c(F)cccc1Cl. The van der Waals surface area contributed by atoms with Crippen molar-refractivity contribution in [2.75, 3.05) is 0 Å². The van der Waals surface area contributed by atoms with Crippen LogP contribution in [0.1, 0.15) is 16.2 Å². The van der Waals surface area contributed by atoms with Crippen LogP contribution in [0.4, 0.5) is 4.39 Å². The van der Waals surface area contributed by atoms with Gasteiger partial charge in [0.15, 0.2) is 10.6 Å². The molecule has 134 valence electrons. The minimum absolute atomic E-state index is 0.0170. The van der Waals surface area contributed by atoms with Crippen molar-refractivity contribution in [3.05, 3.63) is 73.4 Å². The zero-order valence-corrected chi connectivity index (χ0v) is 16.0. The predicted molar refractivity (Wildman–Crippen MR) is 101 cm³/mol. The highest BCUT2D eigenvalue weighted by Gasteiger charge is 2.17. The Labute approximate surface area is 167 Å². The van der Waals surface area contributed by atoms with E-state index in [1.165, 1.54) is 12.1 Å². The van der Waals surface area contributed by atoms with Crippen molar-refractivity contribution in [1.82, 2.24) is 20.1 Å². The molecule has 5 nitrogen and oxygen atoms in total. The van der Waals surface area contributed by atoms with Crippen LogP contribution in [0.3, 0.4) is 0 Å². The molecule has 1 amide bonds. The van der Waals surface area contributed by atoms with Crippen LogP contribution in [0, 0.1) is 10.6 Å². The van der Waals surface area contributed by atoms with Gasteiger partial charge in [-0.15, -0.1) is 0 Å². The number of amides is 1.